The Labute approximate surface area is 115 Å². The van der Waals surface area contributed by atoms with Crippen LogP contribution in [-0.2, 0) is 9.53 Å². The number of nitrogens with zero attached hydrogens (tertiary/aromatic N) is 2. The summed E-state index contributed by atoms with van der Waals surface area (Å²) in [4.78, 5) is 17.9. The largest absolute Gasteiger partial charge is 0.384 e. The summed E-state index contributed by atoms with van der Waals surface area (Å²) in [6.45, 7) is 5.71. The van der Waals surface area contributed by atoms with Gasteiger partial charge in [-0.3, -0.25) is 9.79 Å². The Morgan fingerprint density at radius 3 is 2.89 bits per heavy atom. The summed E-state index contributed by atoms with van der Waals surface area (Å²) < 4.78 is 5.18. The van der Waals surface area contributed by atoms with Crippen molar-refractivity contribution in [2.75, 3.05) is 46.9 Å². The first kappa shape index (κ1) is 15.8. The Hall–Kier alpha value is -1.30. The number of likely N-dealkylation sites (tertiary alicyclic amines) is 1. The van der Waals surface area contributed by atoms with Crippen LogP contribution in [0.4, 0.5) is 0 Å². The minimum atomic E-state index is 0.00985. The number of rotatable bonds is 6. The topological polar surface area (TPSA) is 66.0 Å². The second kappa shape index (κ2) is 8.74. The van der Waals surface area contributed by atoms with Gasteiger partial charge in [-0.1, -0.05) is 6.92 Å². The molecule has 1 unspecified atom stereocenters. The fraction of sp³-hybridized carbons (Fsp3) is 0.846. The monoisotopic (exact) mass is 270 g/mol. The predicted molar refractivity (Wildman–Crippen MR) is 76.2 cm³/mol. The van der Waals surface area contributed by atoms with Crippen molar-refractivity contribution in [3.05, 3.63) is 0 Å². The Morgan fingerprint density at radius 1 is 1.47 bits per heavy atom. The standard InChI is InChI=1S/C13H26N4O2/c1-4-6-15-12(18)8-16-13(14-2)17-7-5-11(9-17)10-19-3/h11H,4-10H2,1-3H3,(H,14,16)(H,15,18). The molecule has 1 rings (SSSR count). The van der Waals surface area contributed by atoms with Crippen molar-refractivity contribution in [1.29, 1.82) is 0 Å². The lowest BCUT2D eigenvalue weighted by Crippen LogP contribution is -2.44. The van der Waals surface area contributed by atoms with Gasteiger partial charge in [-0.2, -0.15) is 0 Å². The summed E-state index contributed by atoms with van der Waals surface area (Å²) >= 11 is 0. The highest BCUT2D eigenvalue weighted by Gasteiger charge is 2.24. The zero-order chi connectivity index (χ0) is 14.1. The summed E-state index contributed by atoms with van der Waals surface area (Å²) in [5.74, 6) is 1.36. The van der Waals surface area contributed by atoms with Gasteiger partial charge in [0.1, 0.15) is 0 Å². The van der Waals surface area contributed by atoms with E-state index in [1.165, 1.54) is 0 Å². The number of ether oxygens (including phenoxy) is 1. The van der Waals surface area contributed by atoms with Gasteiger partial charge in [-0.05, 0) is 12.8 Å². The molecule has 1 aliphatic heterocycles. The van der Waals surface area contributed by atoms with Crippen LogP contribution in [0.15, 0.2) is 4.99 Å². The number of guanidine groups is 1. The van der Waals surface area contributed by atoms with E-state index in [4.69, 9.17) is 4.74 Å². The fourth-order valence-electron chi connectivity index (χ4n) is 2.22. The molecule has 0 aromatic carbocycles. The summed E-state index contributed by atoms with van der Waals surface area (Å²) in [6.07, 6.45) is 2.06. The van der Waals surface area contributed by atoms with Crippen molar-refractivity contribution in [3.63, 3.8) is 0 Å². The van der Waals surface area contributed by atoms with E-state index >= 15 is 0 Å². The van der Waals surface area contributed by atoms with Gasteiger partial charge in [0.05, 0.1) is 13.2 Å². The van der Waals surface area contributed by atoms with Gasteiger partial charge >= 0.3 is 0 Å². The molecular weight excluding hydrogens is 244 g/mol. The number of hydrogen-bond donors (Lipinski definition) is 2. The Kier molecular flexibility index (Phi) is 7.25. The first-order valence-electron chi connectivity index (χ1n) is 6.92. The van der Waals surface area contributed by atoms with E-state index in [0.717, 1.165) is 45.0 Å². The third kappa shape index (κ3) is 5.46. The SMILES string of the molecule is CCCNC(=O)CNC(=NC)N1CCC(COC)C1. The Balaban J connectivity index is 2.32. The lowest BCUT2D eigenvalue weighted by molar-refractivity contribution is -0.120. The highest BCUT2D eigenvalue weighted by Crippen LogP contribution is 2.16. The minimum absolute atomic E-state index is 0.00985. The van der Waals surface area contributed by atoms with Crippen LogP contribution in [0.3, 0.4) is 0 Å². The fourth-order valence-corrected chi connectivity index (χ4v) is 2.22. The van der Waals surface area contributed by atoms with Crippen LogP contribution in [0, 0.1) is 5.92 Å². The van der Waals surface area contributed by atoms with Crippen molar-refractivity contribution in [2.24, 2.45) is 10.9 Å². The van der Waals surface area contributed by atoms with E-state index in [0.29, 0.717) is 5.92 Å². The van der Waals surface area contributed by atoms with E-state index in [2.05, 4.69) is 20.5 Å². The Morgan fingerprint density at radius 2 is 2.26 bits per heavy atom. The summed E-state index contributed by atoms with van der Waals surface area (Å²) in [7, 11) is 3.48. The lowest BCUT2D eigenvalue weighted by atomic mass is 10.1. The van der Waals surface area contributed by atoms with Crippen molar-refractivity contribution in [1.82, 2.24) is 15.5 Å². The molecule has 19 heavy (non-hydrogen) atoms. The van der Waals surface area contributed by atoms with Crippen molar-refractivity contribution in [2.45, 2.75) is 19.8 Å². The summed E-state index contributed by atoms with van der Waals surface area (Å²) in [5.41, 5.74) is 0. The van der Waals surface area contributed by atoms with Gasteiger partial charge < -0.3 is 20.3 Å². The molecule has 1 atom stereocenters. The maximum Gasteiger partial charge on any atom is 0.239 e. The zero-order valence-electron chi connectivity index (χ0n) is 12.2. The summed E-state index contributed by atoms with van der Waals surface area (Å²) in [6, 6.07) is 0. The van der Waals surface area contributed by atoms with Gasteiger partial charge in [-0.15, -0.1) is 0 Å². The molecule has 1 saturated heterocycles. The number of methoxy groups -OCH3 is 1. The molecule has 1 aliphatic rings. The maximum absolute atomic E-state index is 11.5. The first-order valence-corrected chi connectivity index (χ1v) is 6.92. The number of carbonyl (C=O) groups excluding carboxylic acids is 1. The predicted octanol–water partition coefficient (Wildman–Crippen LogP) is 0.0563. The van der Waals surface area contributed by atoms with E-state index in [1.54, 1.807) is 14.2 Å². The van der Waals surface area contributed by atoms with Gasteiger partial charge in [-0.25, -0.2) is 0 Å². The molecule has 1 fully saturated rings. The van der Waals surface area contributed by atoms with Crippen LogP contribution in [0.5, 0.6) is 0 Å². The average Bonchev–Trinajstić information content (AvgIpc) is 2.86. The molecule has 0 spiro atoms. The highest BCUT2D eigenvalue weighted by atomic mass is 16.5. The average molecular weight is 270 g/mol. The third-order valence-electron chi connectivity index (χ3n) is 3.18. The molecular formula is C13H26N4O2. The van der Waals surface area contributed by atoms with E-state index in [1.807, 2.05) is 6.92 Å². The Bertz CT molecular complexity index is 307. The molecule has 2 N–H and O–H groups in total. The molecule has 1 amide bonds. The van der Waals surface area contributed by atoms with Crippen molar-refractivity contribution >= 4 is 11.9 Å². The normalized spacial score (nSPS) is 19.6. The number of nitrogens with one attached hydrogen (secondary N) is 2. The zero-order valence-corrected chi connectivity index (χ0v) is 12.2. The molecule has 0 saturated carbocycles. The molecule has 0 aromatic heterocycles. The number of amides is 1. The third-order valence-corrected chi connectivity index (χ3v) is 3.18. The molecule has 0 aliphatic carbocycles. The molecule has 0 aromatic rings. The van der Waals surface area contributed by atoms with Crippen LogP contribution < -0.4 is 10.6 Å². The molecule has 6 nitrogen and oxygen atoms in total. The van der Waals surface area contributed by atoms with Gasteiger partial charge in [0.15, 0.2) is 5.96 Å². The molecule has 0 radical (unpaired) electrons. The van der Waals surface area contributed by atoms with Gasteiger partial charge in [0.2, 0.25) is 5.91 Å². The van der Waals surface area contributed by atoms with Gasteiger partial charge in [0, 0.05) is 39.7 Å². The maximum atomic E-state index is 11.5. The molecule has 110 valence electrons. The van der Waals surface area contributed by atoms with Gasteiger partial charge in [0.25, 0.3) is 0 Å². The number of carbonyl (C=O) groups is 1. The second-order valence-electron chi connectivity index (χ2n) is 4.81. The van der Waals surface area contributed by atoms with Crippen molar-refractivity contribution in [3.8, 4) is 0 Å². The highest BCUT2D eigenvalue weighted by molar-refractivity contribution is 5.86. The van der Waals surface area contributed by atoms with E-state index in [-0.39, 0.29) is 12.5 Å². The van der Waals surface area contributed by atoms with Crippen molar-refractivity contribution < 1.29 is 9.53 Å². The summed E-state index contributed by atoms with van der Waals surface area (Å²) in [5, 5.41) is 5.94. The van der Waals surface area contributed by atoms with Crippen LogP contribution >= 0.6 is 0 Å². The lowest BCUT2D eigenvalue weighted by Gasteiger charge is -2.21. The molecule has 0 bridgehead atoms. The van der Waals surface area contributed by atoms with Crippen LogP contribution in [0.25, 0.3) is 0 Å². The number of hydrogen-bond acceptors (Lipinski definition) is 3. The quantitative estimate of drug-likeness (QED) is 0.529. The number of aliphatic imine (C=N–C) groups is 1. The van der Waals surface area contributed by atoms with Crippen LogP contribution in [0.2, 0.25) is 0 Å². The van der Waals surface area contributed by atoms with Crippen LogP contribution in [0.1, 0.15) is 19.8 Å². The molecule has 1 heterocycles. The first-order chi connectivity index (χ1) is 9.21. The van der Waals surface area contributed by atoms with E-state index in [9.17, 15) is 4.79 Å². The molecule has 6 heteroatoms. The second-order valence-corrected chi connectivity index (χ2v) is 4.81. The minimum Gasteiger partial charge on any atom is -0.384 e. The smallest absolute Gasteiger partial charge is 0.239 e. The van der Waals surface area contributed by atoms with Crippen LogP contribution in [-0.4, -0.2) is 63.7 Å². The van der Waals surface area contributed by atoms with E-state index < -0.39 is 0 Å².